The highest BCUT2D eigenvalue weighted by molar-refractivity contribution is 7.86. The molecular weight excluding hydrogens is 238 g/mol. The molecule has 1 atom stereocenters. The van der Waals surface area contributed by atoms with Gasteiger partial charge in [0.05, 0.1) is 11.5 Å². The van der Waals surface area contributed by atoms with Crippen LogP contribution in [0.5, 0.6) is 0 Å². The van der Waals surface area contributed by atoms with Crippen molar-refractivity contribution in [2.24, 2.45) is 5.73 Å². The molecule has 0 amide bonds. The largest absolute Gasteiger partial charge is 0.328 e. The maximum atomic E-state index is 11.8. The molecule has 0 saturated carbocycles. The molecule has 4 nitrogen and oxygen atoms in total. The molecule has 0 aliphatic carbocycles. The molecule has 2 N–H and O–H groups in total. The molecule has 1 aromatic rings. The minimum absolute atomic E-state index is 0.0109. The van der Waals surface area contributed by atoms with Crippen LogP contribution in [0.25, 0.3) is 0 Å². The predicted octanol–water partition coefficient (Wildman–Crippen LogP) is 1.83. The summed E-state index contributed by atoms with van der Waals surface area (Å²) in [5, 5.41) is 0. The van der Waals surface area contributed by atoms with Crippen LogP contribution in [-0.4, -0.2) is 21.1 Å². The first-order valence-electron chi connectivity index (χ1n) is 5.67. The van der Waals surface area contributed by atoms with Crippen molar-refractivity contribution in [1.82, 2.24) is 0 Å². The lowest BCUT2D eigenvalue weighted by molar-refractivity contribution is 0.298. The van der Waals surface area contributed by atoms with Gasteiger partial charge >= 0.3 is 0 Å². The molecule has 0 radical (unpaired) electrons. The van der Waals surface area contributed by atoms with Crippen LogP contribution in [0.15, 0.2) is 29.2 Å². The van der Waals surface area contributed by atoms with Crippen LogP contribution in [0.1, 0.15) is 25.3 Å². The molecule has 96 valence electrons. The smallest absolute Gasteiger partial charge is 0.296 e. The van der Waals surface area contributed by atoms with Gasteiger partial charge in [-0.25, -0.2) is 0 Å². The van der Waals surface area contributed by atoms with Crippen LogP contribution in [0, 0.1) is 6.92 Å². The molecule has 17 heavy (non-hydrogen) atoms. The Morgan fingerprint density at radius 1 is 1.29 bits per heavy atom. The Kier molecular flexibility index (Phi) is 5.11. The van der Waals surface area contributed by atoms with Crippen LogP contribution in [0.3, 0.4) is 0 Å². The second-order valence-electron chi connectivity index (χ2n) is 4.05. The van der Waals surface area contributed by atoms with Gasteiger partial charge in [-0.15, -0.1) is 0 Å². The fourth-order valence-corrected chi connectivity index (χ4v) is 2.21. The van der Waals surface area contributed by atoms with Crippen molar-refractivity contribution >= 4 is 10.1 Å². The first-order chi connectivity index (χ1) is 7.95. The van der Waals surface area contributed by atoms with E-state index in [2.05, 4.69) is 0 Å². The molecule has 0 fully saturated rings. The Morgan fingerprint density at radius 2 is 1.88 bits per heavy atom. The second kappa shape index (κ2) is 6.14. The number of aryl methyl sites for hydroxylation is 1. The second-order valence-corrected chi connectivity index (χ2v) is 5.66. The quantitative estimate of drug-likeness (QED) is 0.789. The van der Waals surface area contributed by atoms with Crippen LogP contribution >= 0.6 is 0 Å². The average molecular weight is 257 g/mol. The highest BCUT2D eigenvalue weighted by Crippen LogP contribution is 2.13. The Hall–Kier alpha value is -0.910. The van der Waals surface area contributed by atoms with E-state index in [-0.39, 0.29) is 17.5 Å². The van der Waals surface area contributed by atoms with Gasteiger partial charge < -0.3 is 5.73 Å². The summed E-state index contributed by atoms with van der Waals surface area (Å²) in [6.45, 7) is 3.99. The zero-order valence-electron chi connectivity index (χ0n) is 10.2. The van der Waals surface area contributed by atoms with Gasteiger partial charge in [0, 0.05) is 6.04 Å². The van der Waals surface area contributed by atoms with Crippen molar-refractivity contribution in [3.63, 3.8) is 0 Å². The Bertz CT molecular complexity index is 439. The third-order valence-electron chi connectivity index (χ3n) is 2.56. The summed E-state index contributed by atoms with van der Waals surface area (Å²) in [5.41, 5.74) is 6.70. The highest BCUT2D eigenvalue weighted by atomic mass is 32.2. The molecule has 1 unspecified atom stereocenters. The van der Waals surface area contributed by atoms with E-state index in [0.717, 1.165) is 12.0 Å². The van der Waals surface area contributed by atoms with Gasteiger partial charge in [-0.3, -0.25) is 4.18 Å². The molecule has 0 spiro atoms. The number of hydrogen-bond acceptors (Lipinski definition) is 4. The molecule has 0 heterocycles. The summed E-state index contributed by atoms with van der Waals surface area (Å²) in [5.74, 6) is 0. The van der Waals surface area contributed by atoms with Crippen LogP contribution in [0.2, 0.25) is 0 Å². The molecule has 1 aromatic carbocycles. The van der Waals surface area contributed by atoms with Crippen molar-refractivity contribution in [2.45, 2.75) is 37.6 Å². The van der Waals surface area contributed by atoms with Gasteiger partial charge in [0.2, 0.25) is 0 Å². The first kappa shape index (κ1) is 14.2. The van der Waals surface area contributed by atoms with E-state index < -0.39 is 10.1 Å². The Labute approximate surface area is 103 Å². The first-order valence-corrected chi connectivity index (χ1v) is 7.08. The minimum atomic E-state index is -3.64. The lowest BCUT2D eigenvalue weighted by Crippen LogP contribution is -2.21. The number of hydrogen-bond donors (Lipinski definition) is 1. The fourth-order valence-electron chi connectivity index (χ4n) is 1.29. The van der Waals surface area contributed by atoms with E-state index in [1.807, 2.05) is 13.8 Å². The molecule has 0 aromatic heterocycles. The number of benzene rings is 1. The van der Waals surface area contributed by atoms with Crippen molar-refractivity contribution in [3.05, 3.63) is 29.8 Å². The molecule has 0 saturated heterocycles. The van der Waals surface area contributed by atoms with Gasteiger partial charge in [0.25, 0.3) is 10.1 Å². The van der Waals surface area contributed by atoms with Crippen LogP contribution < -0.4 is 5.73 Å². The molecule has 0 aliphatic heterocycles. The summed E-state index contributed by atoms with van der Waals surface area (Å²) >= 11 is 0. The van der Waals surface area contributed by atoms with E-state index >= 15 is 0 Å². The third kappa shape index (κ3) is 4.46. The van der Waals surface area contributed by atoms with E-state index in [9.17, 15) is 8.42 Å². The van der Waals surface area contributed by atoms with Gasteiger partial charge in [-0.1, -0.05) is 24.6 Å². The molecule has 0 aliphatic rings. The summed E-state index contributed by atoms with van der Waals surface area (Å²) < 4.78 is 28.4. The molecule has 1 rings (SSSR count). The maximum absolute atomic E-state index is 11.8. The van der Waals surface area contributed by atoms with Gasteiger partial charge in [-0.05, 0) is 31.9 Å². The normalized spacial score (nSPS) is 13.6. The summed E-state index contributed by atoms with van der Waals surface area (Å²) in [4.78, 5) is 0.188. The van der Waals surface area contributed by atoms with Crippen molar-refractivity contribution in [3.8, 4) is 0 Å². The van der Waals surface area contributed by atoms with Crippen LogP contribution in [-0.2, 0) is 14.3 Å². The van der Waals surface area contributed by atoms with Gasteiger partial charge in [0.15, 0.2) is 0 Å². The zero-order chi connectivity index (χ0) is 12.9. The minimum Gasteiger partial charge on any atom is -0.328 e. The van der Waals surface area contributed by atoms with Crippen molar-refractivity contribution in [1.29, 1.82) is 0 Å². The Balaban J connectivity index is 2.60. The van der Waals surface area contributed by atoms with E-state index in [1.165, 1.54) is 0 Å². The number of rotatable bonds is 6. The summed E-state index contributed by atoms with van der Waals surface area (Å²) in [6.07, 6.45) is 1.36. The molecule has 0 bridgehead atoms. The van der Waals surface area contributed by atoms with Gasteiger partial charge in [0.1, 0.15) is 0 Å². The molecular formula is C12H19NO3S. The van der Waals surface area contributed by atoms with Gasteiger partial charge in [-0.2, -0.15) is 8.42 Å². The topological polar surface area (TPSA) is 69.4 Å². The standard InChI is InChI=1S/C12H19NO3S/c1-3-11(13)8-9-16-17(14,15)12-6-4-10(2)5-7-12/h4-7,11H,3,8-9,13H2,1-2H3. The third-order valence-corrected chi connectivity index (χ3v) is 3.89. The monoisotopic (exact) mass is 257 g/mol. The lowest BCUT2D eigenvalue weighted by Gasteiger charge is -2.09. The average Bonchev–Trinajstić information content (AvgIpc) is 2.29. The predicted molar refractivity (Wildman–Crippen MR) is 67.2 cm³/mol. The zero-order valence-corrected chi connectivity index (χ0v) is 11.0. The van der Waals surface area contributed by atoms with E-state index in [1.54, 1.807) is 24.3 Å². The highest BCUT2D eigenvalue weighted by Gasteiger charge is 2.14. The van der Waals surface area contributed by atoms with Crippen molar-refractivity contribution in [2.75, 3.05) is 6.61 Å². The maximum Gasteiger partial charge on any atom is 0.296 e. The van der Waals surface area contributed by atoms with E-state index in [4.69, 9.17) is 9.92 Å². The summed E-state index contributed by atoms with van der Waals surface area (Å²) in [6, 6.07) is 6.57. The SMILES string of the molecule is CCC(N)CCOS(=O)(=O)c1ccc(C)cc1. The number of nitrogens with two attached hydrogens (primary N) is 1. The Morgan fingerprint density at radius 3 is 2.41 bits per heavy atom. The lowest BCUT2D eigenvalue weighted by atomic mass is 10.2. The van der Waals surface area contributed by atoms with Crippen molar-refractivity contribution < 1.29 is 12.6 Å². The fraction of sp³-hybridized carbons (Fsp3) is 0.500. The van der Waals surface area contributed by atoms with E-state index in [0.29, 0.717) is 6.42 Å². The summed E-state index contributed by atoms with van der Waals surface area (Å²) in [7, 11) is -3.64. The van der Waals surface area contributed by atoms with Crippen LogP contribution in [0.4, 0.5) is 0 Å². The molecule has 5 heteroatoms.